The summed E-state index contributed by atoms with van der Waals surface area (Å²) in [7, 11) is 0. The summed E-state index contributed by atoms with van der Waals surface area (Å²) < 4.78 is 6.23. The number of benzene rings is 3. The molecule has 2 bridgehead atoms. The minimum Gasteiger partial charge on any atom is -0.490 e. The van der Waals surface area contributed by atoms with Gasteiger partial charge in [-0.25, -0.2) is 4.89 Å². The van der Waals surface area contributed by atoms with Crippen LogP contribution in [0.1, 0.15) is 76.2 Å². The zero-order valence-electron chi connectivity index (χ0n) is 20.8. The largest absolute Gasteiger partial charge is 0.490 e. The fraction of sp³-hybridized carbons (Fsp3) is 0.484. The molecular formula is C31H39NO3. The van der Waals surface area contributed by atoms with Crippen LogP contribution in [0.5, 0.6) is 5.75 Å². The van der Waals surface area contributed by atoms with Crippen molar-refractivity contribution in [3.8, 4) is 5.75 Å². The van der Waals surface area contributed by atoms with Crippen molar-refractivity contribution in [1.29, 1.82) is 0 Å². The van der Waals surface area contributed by atoms with Crippen molar-refractivity contribution in [1.82, 2.24) is 5.32 Å². The van der Waals surface area contributed by atoms with Gasteiger partial charge in [-0.1, -0.05) is 61.0 Å². The van der Waals surface area contributed by atoms with E-state index in [2.05, 4.69) is 41.7 Å². The van der Waals surface area contributed by atoms with E-state index in [1.807, 2.05) is 36.4 Å². The second-order valence-corrected chi connectivity index (χ2v) is 10.8. The zero-order valence-corrected chi connectivity index (χ0v) is 20.8. The molecular weight excluding hydrogens is 434 g/mol. The van der Waals surface area contributed by atoms with E-state index in [1.54, 1.807) is 0 Å². The van der Waals surface area contributed by atoms with Crippen molar-refractivity contribution in [2.24, 2.45) is 0 Å². The van der Waals surface area contributed by atoms with Crippen LogP contribution in [0.2, 0.25) is 0 Å². The van der Waals surface area contributed by atoms with E-state index < -0.39 is 0 Å². The molecule has 2 N–H and O–H groups in total. The highest BCUT2D eigenvalue weighted by molar-refractivity contribution is 5.84. The van der Waals surface area contributed by atoms with Gasteiger partial charge in [-0.05, 0) is 98.7 Å². The highest BCUT2D eigenvalue weighted by Crippen LogP contribution is 2.48. The van der Waals surface area contributed by atoms with Gasteiger partial charge >= 0.3 is 0 Å². The molecule has 0 amide bonds. The third-order valence-corrected chi connectivity index (χ3v) is 8.44. The molecule has 7 rings (SSSR count). The highest BCUT2D eigenvalue weighted by atomic mass is 17.1. The Labute approximate surface area is 209 Å². The lowest BCUT2D eigenvalue weighted by Crippen LogP contribution is -2.57. The standard InChI is InChI=1S/C25H33NO3.C6H6/c27-29-25-13-10-24(11-14-25,12-15-25)26-18-19-6-7-21-17-23(9-8-20(21)16-19)28-22-4-2-1-3-5-22;1-2-4-6-5-3-1/h6-9,16-17,22,26-27H,1-5,10-15,18H2;1-6H. The lowest BCUT2D eigenvalue weighted by Gasteiger charge is -2.52. The van der Waals surface area contributed by atoms with Crippen LogP contribution >= 0.6 is 0 Å². The normalized spacial score (nSPS) is 26.2. The number of ether oxygens (including phenoxy) is 1. The first-order valence-corrected chi connectivity index (χ1v) is 13.4. The van der Waals surface area contributed by atoms with E-state index in [1.165, 1.54) is 48.4 Å². The van der Waals surface area contributed by atoms with Gasteiger partial charge in [0.05, 0.1) is 6.10 Å². The molecule has 0 heterocycles. The topological polar surface area (TPSA) is 50.7 Å². The number of fused-ring (bicyclic) bond motifs is 4. The summed E-state index contributed by atoms with van der Waals surface area (Å²) in [6, 6.07) is 25.3. The third-order valence-electron chi connectivity index (χ3n) is 8.44. The second kappa shape index (κ2) is 11.1. The van der Waals surface area contributed by atoms with E-state index >= 15 is 0 Å². The third kappa shape index (κ3) is 6.06. The molecule has 4 saturated carbocycles. The summed E-state index contributed by atoms with van der Waals surface area (Å²) in [5, 5.41) is 15.6. The van der Waals surface area contributed by atoms with Gasteiger partial charge in [0.15, 0.2) is 0 Å². The van der Waals surface area contributed by atoms with Crippen LogP contribution in [0, 0.1) is 0 Å². The molecule has 4 nitrogen and oxygen atoms in total. The van der Waals surface area contributed by atoms with Gasteiger partial charge in [0.25, 0.3) is 0 Å². The first kappa shape index (κ1) is 24.3. The lowest BCUT2D eigenvalue weighted by molar-refractivity contribution is -0.343. The van der Waals surface area contributed by atoms with Crippen molar-refractivity contribution in [2.75, 3.05) is 0 Å². The van der Waals surface area contributed by atoms with E-state index in [0.717, 1.165) is 50.8 Å². The van der Waals surface area contributed by atoms with Gasteiger partial charge in [-0.3, -0.25) is 5.26 Å². The Morgan fingerprint density at radius 1 is 0.743 bits per heavy atom. The average Bonchev–Trinajstić information content (AvgIpc) is 2.95. The minimum absolute atomic E-state index is 0.215. The van der Waals surface area contributed by atoms with E-state index in [0.29, 0.717) is 6.10 Å². The van der Waals surface area contributed by atoms with Gasteiger partial charge in [0, 0.05) is 12.1 Å². The van der Waals surface area contributed by atoms with Crippen molar-refractivity contribution in [3.63, 3.8) is 0 Å². The fourth-order valence-electron chi connectivity index (χ4n) is 6.06. The van der Waals surface area contributed by atoms with Crippen molar-refractivity contribution >= 4 is 10.8 Å². The summed E-state index contributed by atoms with van der Waals surface area (Å²) in [5.74, 6) is 1.01. The first-order chi connectivity index (χ1) is 17.2. The van der Waals surface area contributed by atoms with Crippen LogP contribution in [0.25, 0.3) is 10.8 Å². The molecule has 0 saturated heterocycles. The van der Waals surface area contributed by atoms with E-state index in [-0.39, 0.29) is 11.1 Å². The summed E-state index contributed by atoms with van der Waals surface area (Å²) >= 11 is 0. The maximum Gasteiger partial charge on any atom is 0.120 e. The molecule has 35 heavy (non-hydrogen) atoms. The van der Waals surface area contributed by atoms with Crippen LogP contribution in [0.4, 0.5) is 0 Å². The van der Waals surface area contributed by atoms with Crippen LogP contribution in [0.3, 0.4) is 0 Å². The predicted octanol–water partition coefficient (Wildman–Crippen LogP) is 7.66. The van der Waals surface area contributed by atoms with Crippen LogP contribution in [-0.2, 0) is 11.4 Å². The number of hydrogen-bond donors (Lipinski definition) is 2. The van der Waals surface area contributed by atoms with Crippen molar-refractivity contribution in [3.05, 3.63) is 78.4 Å². The molecule has 0 aliphatic heterocycles. The molecule has 0 radical (unpaired) electrons. The summed E-state index contributed by atoms with van der Waals surface area (Å²) in [4.78, 5) is 4.84. The maximum atomic E-state index is 9.24. The minimum atomic E-state index is -0.260. The van der Waals surface area contributed by atoms with Crippen LogP contribution < -0.4 is 10.1 Å². The van der Waals surface area contributed by atoms with Gasteiger partial charge in [0.1, 0.15) is 11.4 Å². The summed E-state index contributed by atoms with van der Waals surface area (Å²) in [6.07, 6.45) is 12.8. The number of hydrogen-bond acceptors (Lipinski definition) is 4. The van der Waals surface area contributed by atoms with Crippen molar-refractivity contribution < 1.29 is 14.9 Å². The highest BCUT2D eigenvalue weighted by Gasteiger charge is 2.49. The lowest BCUT2D eigenvalue weighted by atomic mass is 9.63. The monoisotopic (exact) mass is 473 g/mol. The molecule has 4 fully saturated rings. The van der Waals surface area contributed by atoms with Crippen molar-refractivity contribution in [2.45, 2.75) is 94.4 Å². The molecule has 4 aliphatic carbocycles. The van der Waals surface area contributed by atoms with Gasteiger partial charge in [0.2, 0.25) is 0 Å². The molecule has 3 aromatic rings. The Hall–Kier alpha value is -2.40. The maximum absolute atomic E-state index is 9.24. The Balaban J connectivity index is 0.000000371. The Kier molecular flexibility index (Phi) is 7.72. The molecule has 186 valence electrons. The Bertz CT molecular complexity index is 1030. The van der Waals surface area contributed by atoms with Gasteiger partial charge in [-0.2, -0.15) is 0 Å². The fourth-order valence-corrected chi connectivity index (χ4v) is 6.06. The molecule has 4 aliphatic rings. The first-order valence-electron chi connectivity index (χ1n) is 13.4. The van der Waals surface area contributed by atoms with Gasteiger partial charge in [-0.15, -0.1) is 0 Å². The van der Waals surface area contributed by atoms with Crippen LogP contribution in [-0.4, -0.2) is 22.5 Å². The number of rotatable bonds is 6. The molecule has 0 aromatic heterocycles. The average molecular weight is 474 g/mol. The molecule has 0 spiro atoms. The summed E-state index contributed by atoms with van der Waals surface area (Å²) in [6.45, 7) is 0.892. The molecule has 3 aromatic carbocycles. The summed E-state index contributed by atoms with van der Waals surface area (Å²) in [5.41, 5.74) is 1.28. The molecule has 0 unspecified atom stereocenters. The SMILES string of the molecule is OOC12CCC(NCc3ccc4cc(OC5CCCCC5)ccc4c3)(CC1)CC2.c1ccccc1. The van der Waals surface area contributed by atoms with Crippen LogP contribution in [0.15, 0.2) is 72.8 Å². The number of nitrogens with one attached hydrogen (secondary N) is 1. The Morgan fingerprint density at radius 3 is 1.97 bits per heavy atom. The molecule has 4 heteroatoms. The van der Waals surface area contributed by atoms with E-state index in [9.17, 15) is 5.26 Å². The Morgan fingerprint density at radius 2 is 1.34 bits per heavy atom. The smallest absolute Gasteiger partial charge is 0.120 e. The van der Waals surface area contributed by atoms with E-state index in [4.69, 9.17) is 9.62 Å². The molecule has 0 atom stereocenters. The predicted molar refractivity (Wildman–Crippen MR) is 142 cm³/mol. The quantitative estimate of drug-likeness (QED) is 0.285. The second-order valence-electron chi connectivity index (χ2n) is 10.8. The van der Waals surface area contributed by atoms with Gasteiger partial charge < -0.3 is 10.1 Å². The zero-order chi connectivity index (χ0) is 24.0.